The number of ketones is 1. The minimum atomic E-state index is -0.735. The average molecular weight is 317 g/mol. The Morgan fingerprint density at radius 1 is 1.26 bits per heavy atom. The van der Waals surface area contributed by atoms with Gasteiger partial charge in [0.1, 0.15) is 12.4 Å². The Morgan fingerprint density at radius 2 is 1.87 bits per heavy atom. The number of Topliss-reactive ketones (excluding diaryl/α,β-unsaturated/α-hetero) is 1. The maximum atomic E-state index is 12.3. The molecule has 0 spiro atoms. The Morgan fingerprint density at radius 3 is 2.39 bits per heavy atom. The molecule has 0 atom stereocenters. The summed E-state index contributed by atoms with van der Waals surface area (Å²) < 4.78 is 5.51. The fourth-order valence-corrected chi connectivity index (χ4v) is 2.58. The number of nitrogens with zero attached hydrogens (tertiary/aromatic N) is 1. The molecule has 0 saturated carbocycles. The highest BCUT2D eigenvalue weighted by Crippen LogP contribution is 2.18. The monoisotopic (exact) mass is 317 g/mol. The Hall–Kier alpha value is -2.14. The minimum absolute atomic E-state index is 0.0465. The first-order chi connectivity index (χ1) is 11.0. The van der Waals surface area contributed by atoms with Gasteiger partial charge >= 0.3 is 5.97 Å². The van der Waals surface area contributed by atoms with Gasteiger partial charge in [0.25, 0.3) is 0 Å². The van der Waals surface area contributed by atoms with Gasteiger partial charge in [0, 0.05) is 5.56 Å². The van der Waals surface area contributed by atoms with Crippen molar-refractivity contribution in [3.63, 3.8) is 0 Å². The van der Waals surface area contributed by atoms with Crippen LogP contribution in [0.5, 0.6) is 5.75 Å². The minimum Gasteiger partial charge on any atom is -0.489 e. The first-order valence-corrected chi connectivity index (χ1v) is 7.81. The summed E-state index contributed by atoms with van der Waals surface area (Å²) in [5, 5.41) is 8.99. The fraction of sp³-hybridized carbons (Fsp3) is 0.444. The highest BCUT2D eigenvalue weighted by atomic mass is 16.5. The van der Waals surface area contributed by atoms with Gasteiger partial charge in [0.15, 0.2) is 5.78 Å². The van der Waals surface area contributed by atoms with E-state index < -0.39 is 5.97 Å². The predicted molar refractivity (Wildman–Crippen MR) is 87.9 cm³/mol. The lowest BCUT2D eigenvalue weighted by atomic mass is 9.97. The third-order valence-electron chi connectivity index (χ3n) is 3.97. The molecule has 1 heterocycles. The van der Waals surface area contributed by atoms with E-state index in [-0.39, 0.29) is 11.7 Å². The molecule has 0 bridgehead atoms. The van der Waals surface area contributed by atoms with Crippen LogP contribution in [0.25, 0.3) is 0 Å². The first kappa shape index (κ1) is 17.2. The zero-order valence-electron chi connectivity index (χ0n) is 13.5. The molecule has 1 aliphatic heterocycles. The van der Waals surface area contributed by atoms with Gasteiger partial charge in [-0.3, -0.25) is 14.5 Å². The van der Waals surface area contributed by atoms with Gasteiger partial charge in [-0.2, -0.15) is 0 Å². The first-order valence-electron chi connectivity index (χ1n) is 7.81. The number of ether oxygens (including phenoxy) is 1. The van der Waals surface area contributed by atoms with Crippen LogP contribution in [0.4, 0.5) is 0 Å². The highest BCUT2D eigenvalue weighted by Gasteiger charge is 2.25. The van der Waals surface area contributed by atoms with Crippen molar-refractivity contribution in [3.8, 4) is 5.75 Å². The van der Waals surface area contributed by atoms with Crippen LogP contribution in [0.2, 0.25) is 0 Å². The van der Waals surface area contributed by atoms with E-state index in [1.807, 2.05) is 11.8 Å². The number of carbonyl (C=O) groups excluding carboxylic acids is 1. The molecular formula is C18H23NO4. The van der Waals surface area contributed by atoms with Crippen molar-refractivity contribution in [2.24, 2.45) is 5.92 Å². The van der Waals surface area contributed by atoms with Crippen molar-refractivity contribution in [2.75, 3.05) is 26.2 Å². The number of hydrogen-bond acceptors (Lipinski definition) is 4. The van der Waals surface area contributed by atoms with E-state index in [9.17, 15) is 9.59 Å². The summed E-state index contributed by atoms with van der Waals surface area (Å²) in [5.41, 5.74) is 1.59. The van der Waals surface area contributed by atoms with Crippen LogP contribution in [0.15, 0.2) is 36.4 Å². The zero-order valence-corrected chi connectivity index (χ0v) is 13.5. The third-order valence-corrected chi connectivity index (χ3v) is 3.97. The molecule has 1 fully saturated rings. The molecule has 124 valence electrons. The van der Waals surface area contributed by atoms with Crippen LogP contribution >= 0.6 is 0 Å². The molecule has 23 heavy (non-hydrogen) atoms. The van der Waals surface area contributed by atoms with E-state index >= 15 is 0 Å². The molecule has 2 rings (SSSR count). The van der Waals surface area contributed by atoms with Gasteiger partial charge in [0.05, 0.1) is 12.5 Å². The summed E-state index contributed by atoms with van der Waals surface area (Å²) >= 11 is 0. The number of hydrogen-bond donors (Lipinski definition) is 1. The molecule has 0 aromatic heterocycles. The van der Waals surface area contributed by atoms with Crippen molar-refractivity contribution in [1.82, 2.24) is 4.90 Å². The molecule has 1 saturated heterocycles. The number of aliphatic carboxylic acids is 1. The van der Waals surface area contributed by atoms with E-state index in [1.54, 1.807) is 24.3 Å². The van der Waals surface area contributed by atoms with Gasteiger partial charge in [-0.15, -0.1) is 0 Å². The molecule has 1 aromatic rings. The summed E-state index contributed by atoms with van der Waals surface area (Å²) in [7, 11) is 0. The summed E-state index contributed by atoms with van der Waals surface area (Å²) in [6, 6.07) is 7.10. The number of piperidine rings is 1. The molecule has 5 nitrogen and oxygen atoms in total. The highest BCUT2D eigenvalue weighted by molar-refractivity contribution is 5.97. The van der Waals surface area contributed by atoms with Crippen LogP contribution in [-0.4, -0.2) is 48.0 Å². The third kappa shape index (κ3) is 5.21. The average Bonchev–Trinajstić information content (AvgIpc) is 2.54. The standard InChI is InChI=1S/C18H23NO4/c1-13(2)12-23-16-5-3-14(4-6-16)17(20)11-19-9-7-15(8-10-19)18(21)22/h3-6,15H,1,7-12H2,2H3,(H,21,22). The molecule has 1 aromatic carbocycles. The largest absolute Gasteiger partial charge is 0.489 e. The van der Waals surface area contributed by atoms with Crippen LogP contribution < -0.4 is 4.74 Å². The molecule has 1 aliphatic rings. The number of carboxylic acids is 1. The second kappa shape index (κ2) is 7.92. The molecule has 0 amide bonds. The van der Waals surface area contributed by atoms with E-state index in [0.717, 1.165) is 5.57 Å². The summed E-state index contributed by atoms with van der Waals surface area (Å²) in [5.74, 6) is -0.246. The Labute approximate surface area is 136 Å². The molecule has 0 radical (unpaired) electrons. The van der Waals surface area contributed by atoms with E-state index in [1.165, 1.54) is 0 Å². The van der Waals surface area contributed by atoms with Gasteiger partial charge in [0.2, 0.25) is 0 Å². The second-order valence-electron chi connectivity index (χ2n) is 6.08. The van der Waals surface area contributed by atoms with Gasteiger partial charge in [-0.25, -0.2) is 0 Å². The van der Waals surface area contributed by atoms with Gasteiger partial charge in [-0.1, -0.05) is 6.58 Å². The normalized spacial score (nSPS) is 16.0. The Kier molecular flexibility index (Phi) is 5.93. The van der Waals surface area contributed by atoms with E-state index in [4.69, 9.17) is 9.84 Å². The van der Waals surface area contributed by atoms with Crippen molar-refractivity contribution in [3.05, 3.63) is 42.0 Å². The summed E-state index contributed by atoms with van der Waals surface area (Å²) in [6.45, 7) is 7.78. The van der Waals surface area contributed by atoms with Gasteiger partial charge in [-0.05, 0) is 62.7 Å². The Balaban J connectivity index is 1.84. The van der Waals surface area contributed by atoms with Crippen LogP contribution in [0.1, 0.15) is 30.1 Å². The van der Waals surface area contributed by atoms with Crippen molar-refractivity contribution in [2.45, 2.75) is 19.8 Å². The fourth-order valence-electron chi connectivity index (χ4n) is 2.58. The van der Waals surface area contributed by atoms with Crippen LogP contribution in [0.3, 0.4) is 0 Å². The zero-order chi connectivity index (χ0) is 16.8. The van der Waals surface area contributed by atoms with Crippen LogP contribution in [-0.2, 0) is 4.79 Å². The van der Waals surface area contributed by atoms with Crippen LogP contribution in [0, 0.1) is 5.92 Å². The predicted octanol–water partition coefficient (Wildman–Crippen LogP) is 2.62. The number of carbonyl (C=O) groups is 2. The number of benzene rings is 1. The quantitative estimate of drug-likeness (QED) is 0.618. The maximum absolute atomic E-state index is 12.3. The lowest BCUT2D eigenvalue weighted by Crippen LogP contribution is -2.39. The lowest BCUT2D eigenvalue weighted by Gasteiger charge is -2.29. The molecule has 5 heteroatoms. The SMILES string of the molecule is C=C(C)COc1ccc(C(=O)CN2CCC(C(=O)O)CC2)cc1. The van der Waals surface area contributed by atoms with Gasteiger partial charge < -0.3 is 9.84 Å². The molecule has 1 N–H and O–H groups in total. The van der Waals surface area contributed by atoms with Crippen molar-refractivity contribution >= 4 is 11.8 Å². The number of rotatable bonds is 7. The maximum Gasteiger partial charge on any atom is 0.306 e. The van der Waals surface area contributed by atoms with Crippen molar-refractivity contribution < 1.29 is 19.4 Å². The Bertz CT molecular complexity index is 571. The number of likely N-dealkylation sites (tertiary alicyclic amines) is 1. The second-order valence-corrected chi connectivity index (χ2v) is 6.08. The smallest absolute Gasteiger partial charge is 0.306 e. The van der Waals surface area contributed by atoms with E-state index in [0.29, 0.717) is 50.4 Å². The lowest BCUT2D eigenvalue weighted by molar-refractivity contribution is -0.143. The van der Waals surface area contributed by atoms with Crippen molar-refractivity contribution in [1.29, 1.82) is 0 Å². The molecule has 0 aliphatic carbocycles. The topological polar surface area (TPSA) is 66.8 Å². The number of carboxylic acid groups (broad SMARTS) is 1. The summed E-state index contributed by atoms with van der Waals surface area (Å²) in [4.78, 5) is 25.2. The summed E-state index contributed by atoms with van der Waals surface area (Å²) in [6.07, 6.45) is 1.21. The van der Waals surface area contributed by atoms with E-state index in [2.05, 4.69) is 6.58 Å². The molecular weight excluding hydrogens is 294 g/mol. The molecule has 0 unspecified atom stereocenters.